The number of thiazole rings is 1. The summed E-state index contributed by atoms with van der Waals surface area (Å²) in [5, 5.41) is 23.0. The lowest BCUT2D eigenvalue weighted by atomic mass is 9.79. The Morgan fingerprint density at radius 3 is 2.81 bits per heavy atom. The van der Waals surface area contributed by atoms with Gasteiger partial charge in [0.25, 0.3) is 5.69 Å². The van der Waals surface area contributed by atoms with Crippen LogP contribution >= 0.6 is 23.1 Å². The van der Waals surface area contributed by atoms with Gasteiger partial charge in [0, 0.05) is 46.7 Å². The van der Waals surface area contributed by atoms with Crippen molar-refractivity contribution in [2.45, 2.75) is 39.0 Å². The van der Waals surface area contributed by atoms with Crippen molar-refractivity contribution in [2.75, 3.05) is 5.75 Å². The number of nitro groups is 1. The van der Waals surface area contributed by atoms with Crippen LogP contribution in [-0.2, 0) is 27.4 Å². The Morgan fingerprint density at radius 1 is 1.36 bits per heavy atom. The van der Waals surface area contributed by atoms with Gasteiger partial charge in [0.15, 0.2) is 0 Å². The number of nitro benzene ring substituents is 1. The van der Waals surface area contributed by atoms with Crippen molar-refractivity contribution < 1.29 is 24.4 Å². The van der Waals surface area contributed by atoms with Crippen LogP contribution in [0.1, 0.15) is 25.2 Å². The fraction of sp³-hybridized carbons (Fsp3) is 0.375. The van der Waals surface area contributed by atoms with Crippen molar-refractivity contribution in [3.05, 3.63) is 74.1 Å². The van der Waals surface area contributed by atoms with E-state index in [2.05, 4.69) is 4.98 Å². The Balaban J connectivity index is 1.33. The number of amides is 1. The van der Waals surface area contributed by atoms with E-state index in [-0.39, 0.29) is 35.9 Å². The molecule has 5 rings (SSSR count). The highest BCUT2D eigenvalue weighted by atomic mass is 32.2. The summed E-state index contributed by atoms with van der Waals surface area (Å²) in [5.41, 5.74) is 0.777. The standard InChI is InChI=1S/C24H24N4O6S2/c1-13-20-19(14(2)29)23(30)27(20)21(24(31)34-12-15-3-5-16(6-4-15)28(32)33)22(13)36-9-7-17-25-11-18-26(17)8-10-35-18/h3-6,8,10-11,13-14,19-20,29H,7,9,12H2,1-2H3/t13-,14-,19-,20-/m1/s1. The number of non-ortho nitro benzene ring substituents is 1. The average Bonchev–Trinajstić information content (AvgIpc) is 3.52. The highest BCUT2D eigenvalue weighted by molar-refractivity contribution is 8.03. The summed E-state index contributed by atoms with van der Waals surface area (Å²) >= 11 is 3.12. The fourth-order valence-corrected chi connectivity index (χ4v) is 6.80. The number of benzene rings is 1. The molecule has 10 nitrogen and oxygen atoms in total. The number of aliphatic hydroxyl groups excluding tert-OH is 1. The van der Waals surface area contributed by atoms with Crippen LogP contribution in [-0.4, -0.2) is 54.1 Å². The molecule has 1 N–H and O–H groups in total. The van der Waals surface area contributed by atoms with Crippen LogP contribution in [0.25, 0.3) is 4.83 Å². The molecule has 1 saturated heterocycles. The van der Waals surface area contributed by atoms with Crippen LogP contribution in [0, 0.1) is 22.0 Å². The maximum atomic E-state index is 13.2. The SMILES string of the molecule is C[C@@H](O)[C@H]1C(=O)N2C(C(=O)OCc3ccc([N+](=O)[O-])cc3)=C(SCCc3ncc4sccn34)[C@H](C)[C@H]12. The molecule has 36 heavy (non-hydrogen) atoms. The maximum absolute atomic E-state index is 13.2. The molecular formula is C24H24N4O6S2. The van der Waals surface area contributed by atoms with E-state index in [0.717, 1.165) is 15.6 Å². The lowest BCUT2D eigenvalue weighted by molar-refractivity contribution is -0.384. The van der Waals surface area contributed by atoms with Gasteiger partial charge in [-0.25, -0.2) is 9.78 Å². The zero-order valence-electron chi connectivity index (χ0n) is 19.6. The second-order valence-corrected chi connectivity index (χ2v) is 10.9. The molecule has 1 aromatic carbocycles. The van der Waals surface area contributed by atoms with E-state index in [0.29, 0.717) is 17.7 Å². The first kappa shape index (κ1) is 24.5. The van der Waals surface area contributed by atoms with Crippen LogP contribution in [0.5, 0.6) is 0 Å². The number of hydrogen-bond donors (Lipinski definition) is 1. The number of carbonyl (C=O) groups is 2. The third-order valence-electron chi connectivity index (χ3n) is 6.64. The molecule has 0 radical (unpaired) electrons. The van der Waals surface area contributed by atoms with Crippen molar-refractivity contribution in [1.82, 2.24) is 14.3 Å². The summed E-state index contributed by atoms with van der Waals surface area (Å²) in [6.45, 7) is 3.48. The zero-order chi connectivity index (χ0) is 25.6. The van der Waals surface area contributed by atoms with Crippen molar-refractivity contribution >= 4 is 45.5 Å². The smallest absolute Gasteiger partial charge is 0.356 e. The van der Waals surface area contributed by atoms with Gasteiger partial charge in [-0.3, -0.25) is 19.3 Å². The minimum atomic E-state index is -0.820. The number of aliphatic hydroxyl groups is 1. The van der Waals surface area contributed by atoms with E-state index in [9.17, 15) is 24.8 Å². The first-order valence-corrected chi connectivity index (χ1v) is 13.3. The van der Waals surface area contributed by atoms with E-state index in [4.69, 9.17) is 4.74 Å². The number of esters is 1. The minimum Gasteiger partial charge on any atom is -0.456 e. The van der Waals surface area contributed by atoms with Gasteiger partial charge in [-0.15, -0.1) is 23.1 Å². The Labute approximate surface area is 214 Å². The number of hydrogen-bond acceptors (Lipinski definition) is 9. The summed E-state index contributed by atoms with van der Waals surface area (Å²) in [7, 11) is 0. The van der Waals surface area contributed by atoms with Crippen molar-refractivity contribution in [3.8, 4) is 0 Å². The number of β-lactam (4-membered cyclic amide) rings is 1. The number of imidazole rings is 1. The van der Waals surface area contributed by atoms with Crippen molar-refractivity contribution in [2.24, 2.45) is 11.8 Å². The van der Waals surface area contributed by atoms with Gasteiger partial charge in [0.1, 0.15) is 23.0 Å². The zero-order valence-corrected chi connectivity index (χ0v) is 21.2. The molecule has 12 heteroatoms. The van der Waals surface area contributed by atoms with Gasteiger partial charge in [-0.1, -0.05) is 6.92 Å². The molecule has 4 heterocycles. The van der Waals surface area contributed by atoms with Crippen molar-refractivity contribution in [3.63, 3.8) is 0 Å². The predicted octanol–water partition coefficient (Wildman–Crippen LogP) is 3.39. The first-order chi connectivity index (χ1) is 17.3. The third kappa shape index (κ3) is 4.18. The lowest BCUT2D eigenvalue weighted by Gasteiger charge is -2.46. The van der Waals surface area contributed by atoms with E-state index >= 15 is 0 Å². The number of aromatic nitrogens is 2. The summed E-state index contributed by atoms with van der Waals surface area (Å²) < 4.78 is 7.57. The molecule has 3 aromatic rings. The largest absolute Gasteiger partial charge is 0.456 e. The van der Waals surface area contributed by atoms with E-state index in [1.54, 1.807) is 18.3 Å². The molecule has 0 bridgehead atoms. The molecule has 0 unspecified atom stereocenters. The summed E-state index contributed by atoms with van der Waals surface area (Å²) in [6, 6.07) is 5.47. The second kappa shape index (κ2) is 9.68. The number of ether oxygens (including phenoxy) is 1. The van der Waals surface area contributed by atoms with E-state index in [1.807, 2.05) is 29.1 Å². The third-order valence-corrected chi connectivity index (χ3v) is 8.73. The number of rotatable bonds is 9. The number of carbonyl (C=O) groups excluding carboxylic acids is 2. The summed E-state index contributed by atoms with van der Waals surface area (Å²) in [5.74, 6) is -0.0175. The maximum Gasteiger partial charge on any atom is 0.356 e. The Kier molecular flexibility index (Phi) is 6.58. The highest BCUT2D eigenvalue weighted by Gasteiger charge is 2.60. The molecule has 1 fully saturated rings. The Morgan fingerprint density at radius 2 is 2.11 bits per heavy atom. The van der Waals surface area contributed by atoms with Gasteiger partial charge >= 0.3 is 5.97 Å². The molecule has 4 atom stereocenters. The molecule has 2 aliphatic heterocycles. The predicted molar refractivity (Wildman–Crippen MR) is 134 cm³/mol. The molecule has 0 spiro atoms. The molecule has 2 aliphatic rings. The number of aryl methyl sites for hydroxylation is 1. The average molecular weight is 529 g/mol. The summed E-state index contributed by atoms with van der Waals surface area (Å²) in [4.78, 5) is 44.2. The van der Waals surface area contributed by atoms with Gasteiger partial charge in [-0.05, 0) is 24.6 Å². The normalized spacial score (nSPS) is 22.0. The topological polar surface area (TPSA) is 127 Å². The lowest BCUT2D eigenvalue weighted by Crippen LogP contribution is -2.63. The minimum absolute atomic E-state index is 0.0496. The Bertz CT molecular complexity index is 1360. The molecule has 1 amide bonds. The van der Waals surface area contributed by atoms with Crippen LogP contribution < -0.4 is 0 Å². The van der Waals surface area contributed by atoms with Gasteiger partial charge in [-0.2, -0.15) is 0 Å². The number of fused-ring (bicyclic) bond motifs is 2. The Hall–Kier alpha value is -3.22. The molecule has 2 aromatic heterocycles. The molecule has 0 aliphatic carbocycles. The first-order valence-electron chi connectivity index (χ1n) is 11.5. The quantitative estimate of drug-likeness (QED) is 0.194. The van der Waals surface area contributed by atoms with Crippen molar-refractivity contribution in [1.29, 1.82) is 0 Å². The fourth-order valence-electron chi connectivity index (χ4n) is 4.86. The molecule has 188 valence electrons. The second-order valence-electron chi connectivity index (χ2n) is 8.85. The number of thioether (sulfide) groups is 1. The summed E-state index contributed by atoms with van der Waals surface area (Å²) in [6.07, 6.45) is 3.67. The van der Waals surface area contributed by atoms with Crippen LogP contribution in [0.3, 0.4) is 0 Å². The highest BCUT2D eigenvalue weighted by Crippen LogP contribution is 2.50. The van der Waals surface area contributed by atoms with Gasteiger partial charge in [0.05, 0.1) is 29.2 Å². The monoisotopic (exact) mass is 528 g/mol. The van der Waals surface area contributed by atoms with Crippen LogP contribution in [0.2, 0.25) is 0 Å². The van der Waals surface area contributed by atoms with Gasteiger partial charge in [0.2, 0.25) is 5.91 Å². The molecule has 0 saturated carbocycles. The van der Waals surface area contributed by atoms with Crippen LogP contribution in [0.4, 0.5) is 5.69 Å². The van der Waals surface area contributed by atoms with Crippen LogP contribution in [0.15, 0.2) is 52.6 Å². The van der Waals surface area contributed by atoms with E-state index < -0.39 is 22.9 Å². The number of nitrogens with zero attached hydrogens (tertiary/aromatic N) is 4. The molecular weight excluding hydrogens is 504 g/mol. The van der Waals surface area contributed by atoms with Gasteiger partial charge < -0.3 is 14.7 Å². The van der Waals surface area contributed by atoms with E-state index in [1.165, 1.54) is 40.9 Å².